The molecule has 0 saturated carbocycles. The normalized spacial score (nSPS) is 23.6. The van der Waals surface area contributed by atoms with Crippen LogP contribution in [0.25, 0.3) is 0 Å². The third-order valence-corrected chi connectivity index (χ3v) is 3.31. The van der Waals surface area contributed by atoms with Gasteiger partial charge in [-0.15, -0.1) is 0 Å². The van der Waals surface area contributed by atoms with Gasteiger partial charge in [0.15, 0.2) is 0 Å². The number of aliphatic hydroxyl groups excluding tert-OH is 1. The highest BCUT2D eigenvalue weighted by molar-refractivity contribution is 5.73. The Morgan fingerprint density at radius 3 is 3.00 bits per heavy atom. The first kappa shape index (κ1) is 12.1. The van der Waals surface area contributed by atoms with E-state index in [1.807, 2.05) is 24.3 Å². The summed E-state index contributed by atoms with van der Waals surface area (Å²) in [6.07, 6.45) is 1.79. The summed E-state index contributed by atoms with van der Waals surface area (Å²) in [7, 11) is 0. The lowest BCUT2D eigenvalue weighted by Crippen LogP contribution is -2.24. The van der Waals surface area contributed by atoms with Crippen molar-refractivity contribution in [1.82, 2.24) is 0 Å². The van der Waals surface area contributed by atoms with Crippen molar-refractivity contribution in [3.8, 4) is 0 Å². The van der Waals surface area contributed by atoms with Crippen molar-refractivity contribution in [2.24, 2.45) is 5.92 Å². The number of hydrogen-bond donors (Lipinski definition) is 1. The lowest BCUT2D eigenvalue weighted by Gasteiger charge is -2.20. The van der Waals surface area contributed by atoms with E-state index in [1.54, 1.807) is 6.92 Å². The molecule has 1 aliphatic carbocycles. The maximum absolute atomic E-state index is 11.8. The van der Waals surface area contributed by atoms with E-state index >= 15 is 0 Å². The zero-order valence-electron chi connectivity index (χ0n) is 10.1. The standard InChI is InChI=1S/C14H18O3/c1-2-17-14(16)12-9-5-7-10-6-3-4-8-11(10)13(12)15/h3-4,6,8,12-13,15H,2,5,7,9H2,1H3/t12-,13-/m0/s1. The van der Waals surface area contributed by atoms with E-state index in [0.717, 1.165) is 24.0 Å². The van der Waals surface area contributed by atoms with Crippen molar-refractivity contribution in [3.05, 3.63) is 35.4 Å². The van der Waals surface area contributed by atoms with Crippen LogP contribution in [0.5, 0.6) is 0 Å². The molecule has 2 atom stereocenters. The summed E-state index contributed by atoms with van der Waals surface area (Å²) < 4.78 is 5.02. The minimum atomic E-state index is -0.729. The van der Waals surface area contributed by atoms with Crippen molar-refractivity contribution in [2.45, 2.75) is 32.3 Å². The number of ether oxygens (including phenoxy) is 1. The fourth-order valence-corrected chi connectivity index (χ4v) is 2.43. The zero-order chi connectivity index (χ0) is 12.3. The molecule has 0 heterocycles. The van der Waals surface area contributed by atoms with Crippen molar-refractivity contribution in [2.75, 3.05) is 6.61 Å². The Balaban J connectivity index is 2.25. The fraction of sp³-hybridized carbons (Fsp3) is 0.500. The monoisotopic (exact) mass is 234 g/mol. The maximum atomic E-state index is 11.8. The second-order valence-electron chi connectivity index (χ2n) is 4.39. The van der Waals surface area contributed by atoms with E-state index in [4.69, 9.17) is 4.74 Å². The molecule has 3 heteroatoms. The van der Waals surface area contributed by atoms with Crippen LogP contribution >= 0.6 is 0 Å². The Hall–Kier alpha value is -1.35. The van der Waals surface area contributed by atoms with Gasteiger partial charge >= 0.3 is 5.97 Å². The first-order valence-corrected chi connectivity index (χ1v) is 6.16. The highest BCUT2D eigenvalue weighted by Crippen LogP contribution is 2.33. The first-order valence-electron chi connectivity index (χ1n) is 6.16. The van der Waals surface area contributed by atoms with Crippen LogP contribution in [0.2, 0.25) is 0 Å². The largest absolute Gasteiger partial charge is 0.466 e. The molecule has 0 aliphatic heterocycles. The average Bonchev–Trinajstić information content (AvgIpc) is 2.50. The van der Waals surface area contributed by atoms with Gasteiger partial charge in [0.25, 0.3) is 0 Å². The fourth-order valence-electron chi connectivity index (χ4n) is 2.43. The van der Waals surface area contributed by atoms with Crippen LogP contribution in [0.15, 0.2) is 24.3 Å². The first-order chi connectivity index (χ1) is 8.24. The minimum Gasteiger partial charge on any atom is -0.466 e. The van der Waals surface area contributed by atoms with E-state index in [2.05, 4.69) is 0 Å². The minimum absolute atomic E-state index is 0.281. The molecule has 0 aromatic heterocycles. The van der Waals surface area contributed by atoms with Gasteiger partial charge < -0.3 is 9.84 Å². The van der Waals surface area contributed by atoms with Gasteiger partial charge in [0, 0.05) is 0 Å². The maximum Gasteiger partial charge on any atom is 0.311 e. The van der Waals surface area contributed by atoms with Gasteiger partial charge in [-0.2, -0.15) is 0 Å². The van der Waals surface area contributed by atoms with Crippen LogP contribution in [-0.2, 0) is 16.0 Å². The summed E-state index contributed by atoms with van der Waals surface area (Å²) in [4.78, 5) is 11.8. The molecule has 0 radical (unpaired) electrons. The molecule has 1 N–H and O–H groups in total. The van der Waals surface area contributed by atoms with E-state index in [9.17, 15) is 9.90 Å². The predicted molar refractivity (Wildman–Crippen MR) is 64.5 cm³/mol. The summed E-state index contributed by atoms with van der Waals surface area (Å²) in [6.45, 7) is 2.15. The third-order valence-electron chi connectivity index (χ3n) is 3.31. The molecule has 0 spiro atoms. The highest BCUT2D eigenvalue weighted by Gasteiger charge is 2.32. The topological polar surface area (TPSA) is 46.5 Å². The Bertz CT molecular complexity index is 400. The van der Waals surface area contributed by atoms with Crippen molar-refractivity contribution < 1.29 is 14.6 Å². The lowest BCUT2D eigenvalue weighted by atomic mass is 9.93. The van der Waals surface area contributed by atoms with Gasteiger partial charge in [-0.05, 0) is 37.3 Å². The van der Waals surface area contributed by atoms with Gasteiger partial charge in [-0.3, -0.25) is 4.79 Å². The molecule has 0 bridgehead atoms. The van der Waals surface area contributed by atoms with Crippen LogP contribution in [0.3, 0.4) is 0 Å². The molecule has 2 rings (SSSR count). The molecule has 92 valence electrons. The molecule has 0 amide bonds. The number of carbonyl (C=O) groups is 1. The number of rotatable bonds is 2. The molecule has 0 saturated heterocycles. The van der Waals surface area contributed by atoms with Crippen LogP contribution < -0.4 is 0 Å². The summed E-state index contributed by atoms with van der Waals surface area (Å²) in [6, 6.07) is 7.79. The number of esters is 1. The molecule has 0 unspecified atom stereocenters. The predicted octanol–water partition coefficient (Wildman–Crippen LogP) is 2.24. The number of carbonyl (C=O) groups excluding carboxylic acids is 1. The number of fused-ring (bicyclic) bond motifs is 1. The SMILES string of the molecule is CCOC(=O)[C@H]1CCCc2ccccc2[C@@H]1O. The highest BCUT2D eigenvalue weighted by atomic mass is 16.5. The second-order valence-corrected chi connectivity index (χ2v) is 4.39. The molecule has 1 aromatic carbocycles. The molecular formula is C14H18O3. The quantitative estimate of drug-likeness (QED) is 0.630. The number of aliphatic hydroxyl groups is 1. The van der Waals surface area contributed by atoms with Crippen LogP contribution in [0.1, 0.15) is 37.0 Å². The molecule has 3 nitrogen and oxygen atoms in total. The number of benzene rings is 1. The van der Waals surface area contributed by atoms with Gasteiger partial charge in [0.1, 0.15) is 0 Å². The average molecular weight is 234 g/mol. The van der Waals surface area contributed by atoms with Crippen LogP contribution in [-0.4, -0.2) is 17.7 Å². The van der Waals surface area contributed by atoms with Crippen LogP contribution in [0, 0.1) is 5.92 Å². The number of hydrogen-bond acceptors (Lipinski definition) is 3. The summed E-state index contributed by atoms with van der Waals surface area (Å²) in [5, 5.41) is 10.3. The molecule has 1 aromatic rings. The molecular weight excluding hydrogens is 216 g/mol. The smallest absolute Gasteiger partial charge is 0.311 e. The Morgan fingerprint density at radius 2 is 2.24 bits per heavy atom. The van der Waals surface area contributed by atoms with Crippen LogP contribution in [0.4, 0.5) is 0 Å². The van der Waals surface area contributed by atoms with Crippen molar-refractivity contribution in [3.63, 3.8) is 0 Å². The number of aryl methyl sites for hydroxylation is 1. The van der Waals surface area contributed by atoms with E-state index in [1.165, 1.54) is 0 Å². The second kappa shape index (κ2) is 5.32. The zero-order valence-corrected chi connectivity index (χ0v) is 10.1. The summed E-state index contributed by atoms with van der Waals surface area (Å²) >= 11 is 0. The molecule has 0 fully saturated rings. The van der Waals surface area contributed by atoms with E-state index in [0.29, 0.717) is 13.0 Å². The van der Waals surface area contributed by atoms with Crippen molar-refractivity contribution >= 4 is 5.97 Å². The van der Waals surface area contributed by atoms with Gasteiger partial charge in [-0.25, -0.2) is 0 Å². The Kier molecular flexibility index (Phi) is 3.79. The van der Waals surface area contributed by atoms with Crippen molar-refractivity contribution in [1.29, 1.82) is 0 Å². The summed E-state index contributed by atoms with van der Waals surface area (Å²) in [5.74, 6) is -0.699. The van der Waals surface area contributed by atoms with E-state index < -0.39 is 12.0 Å². The lowest BCUT2D eigenvalue weighted by molar-refractivity contribution is -0.152. The summed E-state index contributed by atoms with van der Waals surface area (Å²) in [5.41, 5.74) is 2.02. The van der Waals surface area contributed by atoms with Gasteiger partial charge in [-0.1, -0.05) is 24.3 Å². The van der Waals surface area contributed by atoms with E-state index in [-0.39, 0.29) is 5.97 Å². The Morgan fingerprint density at radius 1 is 1.47 bits per heavy atom. The van der Waals surface area contributed by atoms with Gasteiger partial charge in [0.2, 0.25) is 0 Å². The Labute approximate surface area is 101 Å². The van der Waals surface area contributed by atoms with Gasteiger partial charge in [0.05, 0.1) is 18.6 Å². The third kappa shape index (κ3) is 2.50. The molecule has 17 heavy (non-hydrogen) atoms. The molecule has 1 aliphatic rings.